The van der Waals surface area contributed by atoms with E-state index in [2.05, 4.69) is 25.7 Å². The summed E-state index contributed by atoms with van der Waals surface area (Å²) in [6.07, 6.45) is -5.33. The van der Waals surface area contributed by atoms with Crippen LogP contribution >= 0.6 is 0 Å². The van der Waals surface area contributed by atoms with Gasteiger partial charge in [-0.15, -0.1) is 0 Å². The highest BCUT2D eigenvalue weighted by Gasteiger charge is 2.37. The van der Waals surface area contributed by atoms with Gasteiger partial charge in [0.05, 0.1) is 11.3 Å². The molecule has 0 aliphatic rings. The van der Waals surface area contributed by atoms with Gasteiger partial charge >= 0.3 is 18.4 Å². The van der Waals surface area contributed by atoms with Crippen molar-refractivity contribution in [3.8, 4) is 11.1 Å². The van der Waals surface area contributed by atoms with Gasteiger partial charge in [-0.1, -0.05) is 0 Å². The molecule has 0 saturated heterocycles. The number of H-pyrrole nitrogens is 1. The van der Waals surface area contributed by atoms with E-state index in [4.69, 9.17) is 0 Å². The van der Waals surface area contributed by atoms with Crippen LogP contribution < -0.4 is 10.6 Å². The van der Waals surface area contributed by atoms with Gasteiger partial charge in [0.1, 0.15) is 5.65 Å². The van der Waals surface area contributed by atoms with Gasteiger partial charge in [0, 0.05) is 47.8 Å². The topological polar surface area (TPSA) is 87.6 Å². The normalized spacial score (nSPS) is 12.2. The molecule has 4 rings (SSSR count). The Kier molecular flexibility index (Phi) is 5.26. The van der Waals surface area contributed by atoms with Gasteiger partial charge in [-0.2, -0.15) is 31.4 Å². The molecule has 0 aliphatic heterocycles. The second-order valence-electron chi connectivity index (χ2n) is 7.04. The molecule has 0 atom stereocenters. The molecule has 3 heterocycles. The number of urea groups is 1. The molecule has 13 heteroatoms. The van der Waals surface area contributed by atoms with Gasteiger partial charge in [0.25, 0.3) is 0 Å². The van der Waals surface area contributed by atoms with Crippen molar-refractivity contribution < 1.29 is 31.1 Å². The van der Waals surface area contributed by atoms with Crippen LogP contribution in [0.1, 0.15) is 11.3 Å². The van der Waals surface area contributed by atoms with Crippen LogP contribution in [0.15, 0.2) is 48.9 Å². The van der Waals surface area contributed by atoms with E-state index < -0.39 is 29.6 Å². The van der Waals surface area contributed by atoms with Crippen LogP contribution in [-0.2, 0) is 19.4 Å². The standard InChI is InChI=1S/C20H14F6N6O/c1-32-9-14(16(31-32)20(24,25)26)10-6-13-15(8-28-17(13)27-7-10)30-18(33)29-12-4-2-11(3-5-12)19(21,22)23/h2-9H,1H3,(H,27,28)(H2,29,30,33). The van der Waals surface area contributed by atoms with Crippen molar-refractivity contribution >= 4 is 28.4 Å². The van der Waals surface area contributed by atoms with Gasteiger partial charge < -0.3 is 15.6 Å². The smallest absolute Gasteiger partial charge is 0.344 e. The van der Waals surface area contributed by atoms with Crippen molar-refractivity contribution in [1.82, 2.24) is 19.7 Å². The van der Waals surface area contributed by atoms with Crippen molar-refractivity contribution in [1.29, 1.82) is 0 Å². The van der Waals surface area contributed by atoms with E-state index in [1.807, 2.05) is 0 Å². The molecule has 7 nitrogen and oxygen atoms in total. The summed E-state index contributed by atoms with van der Waals surface area (Å²) < 4.78 is 79.0. The highest BCUT2D eigenvalue weighted by Crippen LogP contribution is 2.37. The maximum absolute atomic E-state index is 13.3. The summed E-state index contributed by atoms with van der Waals surface area (Å²) in [5.41, 5.74) is -1.35. The number of rotatable bonds is 3. The second-order valence-corrected chi connectivity index (χ2v) is 7.04. The number of hydrogen-bond acceptors (Lipinski definition) is 3. The van der Waals surface area contributed by atoms with E-state index in [0.29, 0.717) is 11.0 Å². The number of aryl methyl sites for hydroxylation is 1. The summed E-state index contributed by atoms with van der Waals surface area (Å²) in [4.78, 5) is 19.2. The predicted octanol–water partition coefficient (Wildman–Crippen LogP) is 5.65. The SMILES string of the molecule is Cn1cc(-c2cnc3[nH]cc(NC(=O)Nc4ccc(C(F)(F)F)cc4)c3c2)c(C(F)(F)F)n1. The Hall–Kier alpha value is -4.03. The Labute approximate surface area is 181 Å². The summed E-state index contributed by atoms with van der Waals surface area (Å²) in [6.45, 7) is 0. The average Bonchev–Trinajstić information content (AvgIpc) is 3.31. The molecule has 3 N–H and O–H groups in total. The fourth-order valence-corrected chi connectivity index (χ4v) is 3.19. The van der Waals surface area contributed by atoms with Crippen LogP contribution in [0.5, 0.6) is 0 Å². The van der Waals surface area contributed by atoms with Crippen LogP contribution in [0, 0.1) is 0 Å². The Morgan fingerprint density at radius 1 is 1.03 bits per heavy atom. The Bertz CT molecular complexity index is 1320. The van der Waals surface area contributed by atoms with Gasteiger partial charge in [0.2, 0.25) is 0 Å². The number of nitrogens with one attached hydrogen (secondary N) is 3. The van der Waals surface area contributed by atoms with Crippen molar-refractivity contribution in [3.05, 3.63) is 60.2 Å². The van der Waals surface area contributed by atoms with Gasteiger partial charge in [-0.25, -0.2) is 9.78 Å². The summed E-state index contributed by atoms with van der Waals surface area (Å²) >= 11 is 0. The zero-order chi connectivity index (χ0) is 24.0. The predicted molar refractivity (Wildman–Crippen MR) is 107 cm³/mol. The zero-order valence-electron chi connectivity index (χ0n) is 16.6. The molecule has 2 amide bonds. The fraction of sp³-hybridized carbons (Fsp3) is 0.150. The van der Waals surface area contributed by atoms with Crippen molar-refractivity contribution in [2.45, 2.75) is 12.4 Å². The Morgan fingerprint density at radius 3 is 2.36 bits per heavy atom. The molecule has 0 saturated carbocycles. The number of pyridine rings is 1. The summed E-state index contributed by atoms with van der Waals surface area (Å²) in [6, 6.07) is 4.49. The number of halogens is 6. The average molecular weight is 468 g/mol. The number of alkyl halides is 6. The molecular weight excluding hydrogens is 454 g/mol. The van der Waals surface area contributed by atoms with E-state index in [9.17, 15) is 31.1 Å². The molecular formula is C20H14F6N6O. The molecule has 33 heavy (non-hydrogen) atoms. The molecule has 4 aromatic rings. The first kappa shape index (κ1) is 22.2. The van der Waals surface area contributed by atoms with E-state index >= 15 is 0 Å². The number of carbonyl (C=O) groups is 1. The zero-order valence-corrected chi connectivity index (χ0v) is 16.6. The third-order valence-electron chi connectivity index (χ3n) is 4.66. The summed E-state index contributed by atoms with van der Waals surface area (Å²) in [5, 5.41) is 8.69. The largest absolute Gasteiger partial charge is 0.435 e. The number of anilines is 2. The summed E-state index contributed by atoms with van der Waals surface area (Å²) in [5.74, 6) is 0. The van der Waals surface area contributed by atoms with Crippen LogP contribution in [-0.4, -0.2) is 25.8 Å². The molecule has 0 bridgehead atoms. The molecule has 0 unspecified atom stereocenters. The van der Waals surface area contributed by atoms with Crippen molar-refractivity contribution in [3.63, 3.8) is 0 Å². The molecule has 0 aliphatic carbocycles. The number of aromatic amines is 1. The van der Waals surface area contributed by atoms with Crippen LogP contribution in [0.4, 0.5) is 42.5 Å². The number of hydrogen-bond donors (Lipinski definition) is 3. The third kappa shape index (κ3) is 4.61. The van der Waals surface area contributed by atoms with Crippen LogP contribution in [0.3, 0.4) is 0 Å². The number of amides is 2. The quantitative estimate of drug-likeness (QED) is 0.340. The molecule has 0 spiro atoms. The third-order valence-corrected chi connectivity index (χ3v) is 4.66. The molecule has 3 aromatic heterocycles. The summed E-state index contributed by atoms with van der Waals surface area (Å²) in [7, 11) is 1.36. The van der Waals surface area contributed by atoms with E-state index in [-0.39, 0.29) is 22.5 Å². The maximum Gasteiger partial charge on any atom is 0.435 e. The molecule has 172 valence electrons. The lowest BCUT2D eigenvalue weighted by Gasteiger charge is -2.10. The Morgan fingerprint density at radius 2 is 1.73 bits per heavy atom. The van der Waals surface area contributed by atoms with Gasteiger partial charge in [-0.05, 0) is 30.3 Å². The number of benzene rings is 1. The maximum atomic E-state index is 13.3. The Balaban J connectivity index is 1.58. The monoisotopic (exact) mass is 468 g/mol. The lowest BCUT2D eigenvalue weighted by Crippen LogP contribution is -2.19. The minimum atomic E-state index is -4.67. The van der Waals surface area contributed by atoms with E-state index in [1.54, 1.807) is 0 Å². The lowest BCUT2D eigenvalue weighted by molar-refractivity contribution is -0.141. The van der Waals surface area contributed by atoms with Crippen molar-refractivity contribution in [2.24, 2.45) is 7.05 Å². The van der Waals surface area contributed by atoms with Gasteiger partial charge in [-0.3, -0.25) is 4.68 Å². The highest BCUT2D eigenvalue weighted by atomic mass is 19.4. The number of fused-ring (bicyclic) bond motifs is 1. The van der Waals surface area contributed by atoms with Crippen LogP contribution in [0.2, 0.25) is 0 Å². The highest BCUT2D eigenvalue weighted by molar-refractivity contribution is 6.05. The molecule has 0 radical (unpaired) electrons. The van der Waals surface area contributed by atoms with E-state index in [0.717, 1.165) is 28.9 Å². The van der Waals surface area contributed by atoms with E-state index in [1.165, 1.54) is 31.7 Å². The second kappa shape index (κ2) is 7.83. The lowest BCUT2D eigenvalue weighted by atomic mass is 10.1. The first-order valence-electron chi connectivity index (χ1n) is 9.25. The number of nitrogens with zero attached hydrogens (tertiary/aromatic N) is 3. The number of aromatic nitrogens is 4. The molecule has 1 aromatic carbocycles. The van der Waals surface area contributed by atoms with Crippen molar-refractivity contribution in [2.75, 3.05) is 10.6 Å². The number of carbonyl (C=O) groups excluding carboxylic acids is 1. The minimum Gasteiger partial charge on any atom is -0.344 e. The van der Waals surface area contributed by atoms with Crippen LogP contribution in [0.25, 0.3) is 22.2 Å². The minimum absolute atomic E-state index is 0.115. The fourth-order valence-electron chi connectivity index (χ4n) is 3.19. The molecule has 0 fully saturated rings. The van der Waals surface area contributed by atoms with Gasteiger partial charge in [0.15, 0.2) is 5.69 Å². The first-order valence-corrected chi connectivity index (χ1v) is 9.25. The first-order chi connectivity index (χ1) is 15.4.